The Bertz CT molecular complexity index is 844. The lowest BCUT2D eigenvalue weighted by atomic mass is 9.97. The molecule has 0 aromatic heterocycles. The molecule has 0 aliphatic rings. The van der Waals surface area contributed by atoms with Crippen LogP contribution >= 0.6 is 0 Å². The summed E-state index contributed by atoms with van der Waals surface area (Å²) in [6.07, 6.45) is 13.2. The van der Waals surface area contributed by atoms with Gasteiger partial charge in [-0.25, -0.2) is 9.98 Å². The lowest BCUT2D eigenvalue weighted by Crippen LogP contribution is -2.45. The van der Waals surface area contributed by atoms with E-state index in [2.05, 4.69) is 36.2 Å². The number of nitrogens with one attached hydrogen (secondary N) is 5. The molecule has 0 amide bonds. The zero-order valence-corrected chi connectivity index (χ0v) is 23.0. The highest BCUT2D eigenvalue weighted by molar-refractivity contribution is 5.96. The molecule has 0 unspecified atom stereocenters. The van der Waals surface area contributed by atoms with Gasteiger partial charge in [0.1, 0.15) is 0 Å². The smallest absolute Gasteiger partial charge is 0.202 e. The molecule has 208 valence electrons. The van der Waals surface area contributed by atoms with Gasteiger partial charge in [0.25, 0.3) is 0 Å². The highest BCUT2D eigenvalue weighted by Crippen LogP contribution is 2.19. The van der Waals surface area contributed by atoms with E-state index in [0.29, 0.717) is 13.1 Å². The van der Waals surface area contributed by atoms with Crippen molar-refractivity contribution < 1.29 is 0 Å². The fourth-order valence-electron chi connectivity index (χ4n) is 3.62. The van der Waals surface area contributed by atoms with Gasteiger partial charge in [0.15, 0.2) is 24.3 Å². The van der Waals surface area contributed by atoms with Gasteiger partial charge < -0.3 is 22.5 Å². The first-order valence-electron chi connectivity index (χ1n) is 12.8. The number of hydrogen-bond donors (Lipinski definition) is 8. The minimum atomic E-state index is -0.330. The van der Waals surface area contributed by atoms with Crippen LogP contribution in [0.15, 0.2) is 15.0 Å². The fraction of sp³-hybridized carbons (Fsp3) is 0.750. The molecule has 0 heterocycles. The third-order valence-electron chi connectivity index (χ3n) is 5.46. The van der Waals surface area contributed by atoms with E-state index in [1.165, 1.54) is 0 Å². The number of unbranched alkanes of at least 4 members (excludes halogenated alkanes) is 6. The summed E-state index contributed by atoms with van der Waals surface area (Å²) in [6, 6.07) is 0. The van der Waals surface area contributed by atoms with Crippen LogP contribution in [0.25, 0.3) is 0 Å². The lowest BCUT2D eigenvalue weighted by molar-refractivity contribution is 0.444. The van der Waals surface area contributed by atoms with Crippen molar-refractivity contribution in [2.45, 2.75) is 103 Å². The van der Waals surface area contributed by atoms with E-state index >= 15 is 0 Å². The Kier molecular flexibility index (Phi) is 16.6. The van der Waals surface area contributed by atoms with Crippen LogP contribution in [0.5, 0.6) is 0 Å². The summed E-state index contributed by atoms with van der Waals surface area (Å²) < 4.78 is 0. The molecular weight excluding hydrogens is 470 g/mol. The zero-order chi connectivity index (χ0) is 28.2. The molecule has 0 saturated carbocycles. The summed E-state index contributed by atoms with van der Waals surface area (Å²) >= 11 is 0. The number of nitrogens with zero attached hydrogens (tertiary/aromatic N) is 5. The van der Waals surface area contributed by atoms with Crippen LogP contribution in [0.1, 0.15) is 91.9 Å². The van der Waals surface area contributed by atoms with Crippen LogP contribution in [0, 0.1) is 28.3 Å². The van der Waals surface area contributed by atoms with Crippen molar-refractivity contribution in [2.24, 2.45) is 32.2 Å². The first kappa shape index (κ1) is 33.3. The summed E-state index contributed by atoms with van der Waals surface area (Å²) in [7, 11) is 0. The Morgan fingerprint density at radius 1 is 0.730 bits per heavy atom. The maximum atomic E-state index is 8.58. The molecule has 37 heavy (non-hydrogen) atoms. The minimum Gasteiger partial charge on any atom is -0.370 e. The van der Waals surface area contributed by atoms with E-state index < -0.39 is 0 Å². The van der Waals surface area contributed by atoms with Crippen molar-refractivity contribution in [1.82, 2.24) is 21.3 Å². The molecule has 13 nitrogen and oxygen atoms in total. The van der Waals surface area contributed by atoms with Crippen molar-refractivity contribution in [3.8, 4) is 12.4 Å². The number of nitriles is 2. The number of guanidine groups is 4. The summed E-state index contributed by atoms with van der Waals surface area (Å²) in [4.78, 5) is 12.9. The van der Waals surface area contributed by atoms with Gasteiger partial charge >= 0.3 is 0 Å². The molecule has 0 bridgehead atoms. The predicted molar refractivity (Wildman–Crippen MR) is 150 cm³/mol. The van der Waals surface area contributed by atoms with Crippen molar-refractivity contribution in [3.05, 3.63) is 0 Å². The number of rotatable bonds is 16. The molecule has 0 fully saturated rings. The van der Waals surface area contributed by atoms with Gasteiger partial charge in [-0.2, -0.15) is 10.5 Å². The van der Waals surface area contributed by atoms with Gasteiger partial charge in [-0.1, -0.05) is 38.5 Å². The summed E-state index contributed by atoms with van der Waals surface area (Å²) in [5, 5.41) is 35.5. The largest absolute Gasteiger partial charge is 0.370 e. The standard InChI is InChI=1S/C24H47N13/c1-23(2,36-21(29)34-18-26)13-9-6-8-12-16-32-20(28)35-22(30)37-24(3,4)14-10-5-7-11-15-31-19(27)33-17-25/h5-16H2,1-4H3,(H3,27,31,33)(H3,29,34,36)(H5,28,30,32,35,37). The van der Waals surface area contributed by atoms with Crippen molar-refractivity contribution in [1.29, 1.82) is 15.9 Å². The Labute approximate surface area is 222 Å². The van der Waals surface area contributed by atoms with Gasteiger partial charge in [-0.15, -0.1) is 0 Å². The predicted octanol–water partition coefficient (Wildman–Crippen LogP) is 1.64. The second-order valence-corrected chi connectivity index (χ2v) is 10.1. The van der Waals surface area contributed by atoms with Gasteiger partial charge in [0.05, 0.1) is 11.1 Å². The highest BCUT2D eigenvalue weighted by Gasteiger charge is 2.17. The van der Waals surface area contributed by atoms with E-state index in [4.69, 9.17) is 33.1 Å². The lowest BCUT2D eigenvalue weighted by Gasteiger charge is -2.21. The molecule has 0 aliphatic carbocycles. The highest BCUT2D eigenvalue weighted by atomic mass is 15.2. The third kappa shape index (κ3) is 20.2. The van der Waals surface area contributed by atoms with Crippen LogP contribution in [-0.2, 0) is 0 Å². The van der Waals surface area contributed by atoms with Crippen LogP contribution in [-0.4, -0.2) is 48.0 Å². The Balaban J connectivity index is 4.05. The Morgan fingerprint density at radius 2 is 1.22 bits per heavy atom. The first-order valence-corrected chi connectivity index (χ1v) is 12.8. The number of aliphatic imine (C=N–C) groups is 3. The van der Waals surface area contributed by atoms with Crippen LogP contribution < -0.4 is 38.5 Å². The summed E-state index contributed by atoms with van der Waals surface area (Å²) in [6.45, 7) is 9.31. The molecule has 0 aromatic carbocycles. The number of nitrogens with two attached hydrogens (primary N) is 3. The monoisotopic (exact) mass is 517 g/mol. The van der Waals surface area contributed by atoms with E-state index in [1.54, 1.807) is 12.4 Å². The SMILES string of the molecule is CC(C)(CCCCCCNC(=N)NC(N)=NC(C)(C)CCCCCCN=C(N)NC#N)N=C(N)NC#N. The molecule has 13 heteroatoms. The molecule has 0 saturated heterocycles. The van der Waals surface area contributed by atoms with E-state index in [9.17, 15) is 0 Å². The first-order chi connectivity index (χ1) is 17.4. The van der Waals surface area contributed by atoms with Crippen molar-refractivity contribution in [3.63, 3.8) is 0 Å². The second-order valence-electron chi connectivity index (χ2n) is 10.1. The summed E-state index contributed by atoms with van der Waals surface area (Å²) in [5.74, 6) is 0.661. The van der Waals surface area contributed by atoms with Crippen molar-refractivity contribution in [2.75, 3.05) is 13.1 Å². The molecule has 11 N–H and O–H groups in total. The van der Waals surface area contributed by atoms with Gasteiger partial charge in [-0.05, 0) is 53.4 Å². The summed E-state index contributed by atoms with van der Waals surface area (Å²) in [5.41, 5.74) is 16.5. The normalized spacial score (nSPS) is 12.9. The zero-order valence-electron chi connectivity index (χ0n) is 23.0. The van der Waals surface area contributed by atoms with E-state index in [1.807, 2.05) is 27.7 Å². The van der Waals surface area contributed by atoms with Gasteiger partial charge in [0, 0.05) is 13.1 Å². The number of hydrogen-bond acceptors (Lipinski definition) is 6. The molecular formula is C24H47N13. The van der Waals surface area contributed by atoms with E-state index in [0.717, 1.165) is 64.2 Å². The molecule has 0 aromatic rings. The Morgan fingerprint density at radius 3 is 1.78 bits per heavy atom. The van der Waals surface area contributed by atoms with Crippen LogP contribution in [0.2, 0.25) is 0 Å². The minimum absolute atomic E-state index is 0.138. The van der Waals surface area contributed by atoms with E-state index in [-0.39, 0.29) is 34.9 Å². The van der Waals surface area contributed by atoms with Gasteiger partial charge in [-0.3, -0.25) is 26.4 Å². The molecule has 0 atom stereocenters. The average molecular weight is 518 g/mol. The quantitative estimate of drug-likeness (QED) is 0.0487. The Hall–Kier alpha value is -3.74. The third-order valence-corrected chi connectivity index (χ3v) is 5.46. The average Bonchev–Trinajstić information content (AvgIpc) is 2.77. The second kappa shape index (κ2) is 18.5. The topological polar surface area (TPSA) is 235 Å². The fourth-order valence-corrected chi connectivity index (χ4v) is 3.62. The van der Waals surface area contributed by atoms with Crippen LogP contribution in [0.3, 0.4) is 0 Å². The maximum absolute atomic E-state index is 8.58. The molecule has 0 aliphatic heterocycles. The molecule has 0 radical (unpaired) electrons. The van der Waals surface area contributed by atoms with Crippen molar-refractivity contribution >= 4 is 23.8 Å². The van der Waals surface area contributed by atoms with Gasteiger partial charge in [0.2, 0.25) is 11.9 Å². The van der Waals surface area contributed by atoms with Crippen LogP contribution in [0.4, 0.5) is 0 Å². The molecule has 0 spiro atoms. The maximum Gasteiger partial charge on any atom is 0.202 e. The molecule has 0 rings (SSSR count).